The zero-order chi connectivity index (χ0) is 14.1. The van der Waals surface area contributed by atoms with Crippen LogP contribution in [0.1, 0.15) is 52.4 Å². The standard InChI is InChI=1S/C16H26N2O/c1-3-4-5-6-7-8-12-18(14(2)19)16-11-9-10-15(17)13-16/h9-11,13H,3-8,12,17H2,1-2H3. The number of nitrogens with zero attached hydrogens (tertiary/aromatic N) is 1. The van der Waals surface area contributed by atoms with Gasteiger partial charge in [0.1, 0.15) is 0 Å². The fourth-order valence-electron chi connectivity index (χ4n) is 2.21. The van der Waals surface area contributed by atoms with Gasteiger partial charge >= 0.3 is 0 Å². The SMILES string of the molecule is CCCCCCCCN(C(C)=O)c1cccc(N)c1. The number of carbonyl (C=O) groups is 1. The van der Waals surface area contributed by atoms with Crippen molar-refractivity contribution in [2.75, 3.05) is 17.2 Å². The fraction of sp³-hybridized carbons (Fsp3) is 0.562. The lowest BCUT2D eigenvalue weighted by atomic mass is 10.1. The third-order valence-corrected chi connectivity index (χ3v) is 3.30. The molecule has 0 heterocycles. The van der Waals surface area contributed by atoms with Crippen molar-refractivity contribution >= 4 is 17.3 Å². The zero-order valence-electron chi connectivity index (χ0n) is 12.2. The second kappa shape index (κ2) is 8.57. The van der Waals surface area contributed by atoms with Gasteiger partial charge in [0.15, 0.2) is 0 Å². The molecule has 0 aliphatic rings. The van der Waals surface area contributed by atoms with E-state index in [9.17, 15) is 4.79 Å². The highest BCUT2D eigenvalue weighted by Crippen LogP contribution is 2.18. The van der Waals surface area contributed by atoms with Crippen LogP contribution in [0.25, 0.3) is 0 Å². The summed E-state index contributed by atoms with van der Waals surface area (Å²) >= 11 is 0. The van der Waals surface area contributed by atoms with Gasteiger partial charge in [0, 0.05) is 24.8 Å². The minimum atomic E-state index is 0.0826. The second-order valence-electron chi connectivity index (χ2n) is 5.03. The van der Waals surface area contributed by atoms with Crippen molar-refractivity contribution in [3.8, 4) is 0 Å². The number of nitrogen functional groups attached to an aromatic ring is 1. The van der Waals surface area contributed by atoms with E-state index in [1.807, 2.05) is 29.2 Å². The van der Waals surface area contributed by atoms with Crippen LogP contribution in [0.2, 0.25) is 0 Å². The lowest BCUT2D eigenvalue weighted by Crippen LogP contribution is -2.29. The van der Waals surface area contributed by atoms with Gasteiger partial charge in [-0.15, -0.1) is 0 Å². The predicted molar refractivity (Wildman–Crippen MR) is 82.3 cm³/mol. The monoisotopic (exact) mass is 262 g/mol. The Labute approximate surface area is 116 Å². The molecule has 1 amide bonds. The molecule has 0 saturated heterocycles. The highest BCUT2D eigenvalue weighted by atomic mass is 16.2. The Morgan fingerprint density at radius 1 is 1.16 bits per heavy atom. The predicted octanol–water partition coefficient (Wildman–Crippen LogP) is 3.98. The molecule has 0 radical (unpaired) electrons. The van der Waals surface area contributed by atoms with E-state index >= 15 is 0 Å². The molecule has 1 aromatic carbocycles. The Morgan fingerprint density at radius 3 is 2.47 bits per heavy atom. The molecule has 0 atom stereocenters. The van der Waals surface area contributed by atoms with E-state index in [0.29, 0.717) is 5.69 Å². The van der Waals surface area contributed by atoms with Gasteiger partial charge < -0.3 is 10.6 Å². The molecule has 0 saturated carbocycles. The molecule has 0 fully saturated rings. The largest absolute Gasteiger partial charge is 0.399 e. The average Bonchev–Trinajstić information content (AvgIpc) is 2.37. The molecule has 0 aliphatic heterocycles. The maximum atomic E-state index is 11.7. The van der Waals surface area contributed by atoms with Crippen LogP contribution >= 0.6 is 0 Å². The van der Waals surface area contributed by atoms with Gasteiger partial charge in [-0.25, -0.2) is 0 Å². The van der Waals surface area contributed by atoms with Crippen LogP contribution in [0.15, 0.2) is 24.3 Å². The third kappa shape index (κ3) is 5.77. The Kier molecular flexibility index (Phi) is 7.01. The maximum absolute atomic E-state index is 11.7. The number of unbranched alkanes of at least 4 members (excludes halogenated alkanes) is 5. The van der Waals surface area contributed by atoms with Crippen LogP contribution in [0, 0.1) is 0 Å². The molecular formula is C16H26N2O. The maximum Gasteiger partial charge on any atom is 0.223 e. The van der Waals surface area contributed by atoms with Crippen molar-refractivity contribution in [3.05, 3.63) is 24.3 Å². The van der Waals surface area contributed by atoms with Gasteiger partial charge in [-0.2, -0.15) is 0 Å². The fourth-order valence-corrected chi connectivity index (χ4v) is 2.21. The van der Waals surface area contributed by atoms with E-state index in [4.69, 9.17) is 5.73 Å². The van der Waals surface area contributed by atoms with Crippen LogP contribution in [-0.4, -0.2) is 12.5 Å². The summed E-state index contributed by atoms with van der Waals surface area (Å²) < 4.78 is 0. The Morgan fingerprint density at radius 2 is 1.84 bits per heavy atom. The van der Waals surface area contributed by atoms with Gasteiger partial charge in [0.05, 0.1) is 0 Å². The average molecular weight is 262 g/mol. The number of benzene rings is 1. The van der Waals surface area contributed by atoms with Crippen LogP contribution in [0.3, 0.4) is 0 Å². The summed E-state index contributed by atoms with van der Waals surface area (Å²) in [5.41, 5.74) is 7.37. The molecule has 0 unspecified atom stereocenters. The van der Waals surface area contributed by atoms with E-state index in [2.05, 4.69) is 6.92 Å². The molecule has 1 rings (SSSR count). The van der Waals surface area contributed by atoms with Crippen molar-refractivity contribution in [1.29, 1.82) is 0 Å². The Bertz CT molecular complexity index is 390. The highest BCUT2D eigenvalue weighted by Gasteiger charge is 2.10. The molecule has 3 heteroatoms. The molecule has 106 valence electrons. The van der Waals surface area contributed by atoms with Gasteiger partial charge in [-0.1, -0.05) is 45.1 Å². The summed E-state index contributed by atoms with van der Waals surface area (Å²) in [6.45, 7) is 4.61. The van der Waals surface area contributed by atoms with E-state index in [0.717, 1.165) is 18.7 Å². The lowest BCUT2D eigenvalue weighted by molar-refractivity contribution is -0.116. The Balaban J connectivity index is 2.44. The van der Waals surface area contributed by atoms with Gasteiger partial charge in [0.2, 0.25) is 5.91 Å². The zero-order valence-corrected chi connectivity index (χ0v) is 12.2. The Hall–Kier alpha value is -1.51. The topological polar surface area (TPSA) is 46.3 Å². The summed E-state index contributed by atoms with van der Waals surface area (Å²) in [7, 11) is 0. The molecule has 0 spiro atoms. The third-order valence-electron chi connectivity index (χ3n) is 3.30. The number of carbonyl (C=O) groups excluding carboxylic acids is 1. The summed E-state index contributed by atoms with van der Waals surface area (Å²) in [5.74, 6) is 0.0826. The number of amides is 1. The van der Waals surface area contributed by atoms with Crippen molar-refractivity contribution in [1.82, 2.24) is 0 Å². The minimum absolute atomic E-state index is 0.0826. The molecule has 2 N–H and O–H groups in total. The van der Waals surface area contributed by atoms with E-state index in [-0.39, 0.29) is 5.91 Å². The van der Waals surface area contributed by atoms with Crippen molar-refractivity contribution in [2.24, 2.45) is 0 Å². The molecular weight excluding hydrogens is 236 g/mol. The van der Waals surface area contributed by atoms with Crippen LogP contribution in [-0.2, 0) is 4.79 Å². The second-order valence-corrected chi connectivity index (χ2v) is 5.03. The van der Waals surface area contributed by atoms with Crippen molar-refractivity contribution < 1.29 is 4.79 Å². The minimum Gasteiger partial charge on any atom is -0.399 e. The molecule has 0 aliphatic carbocycles. The van der Waals surface area contributed by atoms with Gasteiger partial charge in [-0.05, 0) is 24.6 Å². The smallest absolute Gasteiger partial charge is 0.223 e. The highest BCUT2D eigenvalue weighted by molar-refractivity contribution is 5.91. The van der Waals surface area contributed by atoms with Gasteiger partial charge in [0.25, 0.3) is 0 Å². The number of hydrogen-bond donors (Lipinski definition) is 1. The molecule has 19 heavy (non-hydrogen) atoms. The lowest BCUT2D eigenvalue weighted by Gasteiger charge is -2.21. The summed E-state index contributed by atoms with van der Waals surface area (Å²) in [6.07, 6.45) is 7.38. The van der Waals surface area contributed by atoms with E-state index < -0.39 is 0 Å². The van der Waals surface area contributed by atoms with Crippen LogP contribution < -0.4 is 10.6 Å². The van der Waals surface area contributed by atoms with Crippen LogP contribution in [0.5, 0.6) is 0 Å². The summed E-state index contributed by atoms with van der Waals surface area (Å²) in [5, 5.41) is 0. The van der Waals surface area contributed by atoms with E-state index in [1.165, 1.54) is 32.1 Å². The van der Waals surface area contributed by atoms with Gasteiger partial charge in [-0.3, -0.25) is 4.79 Å². The summed E-state index contributed by atoms with van der Waals surface area (Å²) in [4.78, 5) is 13.5. The quantitative estimate of drug-likeness (QED) is 0.569. The number of rotatable bonds is 8. The number of hydrogen-bond acceptors (Lipinski definition) is 2. The molecule has 0 bridgehead atoms. The van der Waals surface area contributed by atoms with Crippen molar-refractivity contribution in [3.63, 3.8) is 0 Å². The molecule has 1 aromatic rings. The number of nitrogens with two attached hydrogens (primary N) is 1. The van der Waals surface area contributed by atoms with Crippen LogP contribution in [0.4, 0.5) is 11.4 Å². The first kappa shape index (κ1) is 15.5. The first-order chi connectivity index (χ1) is 9.15. The summed E-state index contributed by atoms with van der Waals surface area (Å²) in [6, 6.07) is 7.53. The molecule has 0 aromatic heterocycles. The number of anilines is 2. The molecule has 3 nitrogen and oxygen atoms in total. The van der Waals surface area contributed by atoms with Crippen molar-refractivity contribution in [2.45, 2.75) is 52.4 Å². The first-order valence-electron chi connectivity index (χ1n) is 7.28. The first-order valence-corrected chi connectivity index (χ1v) is 7.28. The normalized spacial score (nSPS) is 10.4. The van der Waals surface area contributed by atoms with E-state index in [1.54, 1.807) is 6.92 Å².